The zero-order valence-electron chi connectivity index (χ0n) is 16.3. The quantitative estimate of drug-likeness (QED) is 0.741. The van der Waals surface area contributed by atoms with Gasteiger partial charge >= 0.3 is 0 Å². The van der Waals surface area contributed by atoms with Crippen LogP contribution in [0.4, 0.5) is 5.69 Å². The summed E-state index contributed by atoms with van der Waals surface area (Å²) in [5.41, 5.74) is 0.574. The van der Waals surface area contributed by atoms with E-state index >= 15 is 0 Å². The molecule has 0 bridgehead atoms. The van der Waals surface area contributed by atoms with Crippen LogP contribution in [0.25, 0.3) is 0 Å². The third-order valence-corrected chi connectivity index (χ3v) is 6.92. The zero-order chi connectivity index (χ0) is 21.0. The largest absolute Gasteiger partial charge is 0.496 e. The molecule has 0 unspecified atom stereocenters. The SMILES string of the molecule is COc1ccc(Cl)cc1C(=O)Nc1ccc(OC)c(S(=O)(=O)N2CCCCC2)c1. The summed E-state index contributed by atoms with van der Waals surface area (Å²) in [6.07, 6.45) is 2.67. The zero-order valence-corrected chi connectivity index (χ0v) is 17.8. The number of hydrogen-bond donors (Lipinski definition) is 1. The first-order valence-corrected chi connectivity index (χ1v) is 11.0. The van der Waals surface area contributed by atoms with Gasteiger partial charge in [-0.1, -0.05) is 18.0 Å². The molecule has 0 spiro atoms. The van der Waals surface area contributed by atoms with E-state index in [4.69, 9.17) is 21.1 Å². The van der Waals surface area contributed by atoms with E-state index in [0.717, 1.165) is 19.3 Å². The predicted octanol–water partition coefficient (Wildman–Crippen LogP) is 3.78. The van der Waals surface area contributed by atoms with Crippen LogP contribution in [0.15, 0.2) is 41.3 Å². The second-order valence-electron chi connectivity index (χ2n) is 6.63. The lowest BCUT2D eigenvalue weighted by atomic mass is 10.2. The normalized spacial score (nSPS) is 15.0. The molecule has 29 heavy (non-hydrogen) atoms. The van der Waals surface area contributed by atoms with Crippen molar-refractivity contribution < 1.29 is 22.7 Å². The van der Waals surface area contributed by atoms with Crippen molar-refractivity contribution in [3.63, 3.8) is 0 Å². The van der Waals surface area contributed by atoms with E-state index in [1.54, 1.807) is 18.2 Å². The smallest absolute Gasteiger partial charge is 0.259 e. The molecule has 1 aliphatic rings. The minimum absolute atomic E-state index is 0.0257. The number of rotatable bonds is 6. The fourth-order valence-electron chi connectivity index (χ4n) is 3.26. The van der Waals surface area contributed by atoms with Gasteiger partial charge in [0.2, 0.25) is 10.0 Å². The van der Waals surface area contributed by atoms with E-state index in [0.29, 0.717) is 29.5 Å². The van der Waals surface area contributed by atoms with Crippen LogP contribution in [0, 0.1) is 0 Å². The summed E-state index contributed by atoms with van der Waals surface area (Å²) in [5, 5.41) is 3.10. The van der Waals surface area contributed by atoms with Crippen molar-refractivity contribution in [2.24, 2.45) is 0 Å². The van der Waals surface area contributed by atoms with Gasteiger partial charge in [0.25, 0.3) is 5.91 Å². The van der Waals surface area contributed by atoms with Crippen LogP contribution in [0.2, 0.25) is 5.02 Å². The van der Waals surface area contributed by atoms with Crippen LogP contribution in [0.5, 0.6) is 11.5 Å². The Morgan fingerprint density at radius 1 is 1.00 bits per heavy atom. The van der Waals surface area contributed by atoms with Gasteiger partial charge in [-0.15, -0.1) is 0 Å². The highest BCUT2D eigenvalue weighted by atomic mass is 35.5. The Balaban J connectivity index is 1.93. The van der Waals surface area contributed by atoms with Gasteiger partial charge in [0.15, 0.2) is 0 Å². The van der Waals surface area contributed by atoms with Crippen molar-refractivity contribution in [2.75, 3.05) is 32.6 Å². The third-order valence-electron chi connectivity index (χ3n) is 4.76. The molecule has 9 heteroatoms. The molecule has 3 rings (SSSR count). The molecule has 0 atom stereocenters. The van der Waals surface area contributed by atoms with Crippen LogP contribution in [-0.4, -0.2) is 45.9 Å². The number of sulfonamides is 1. The van der Waals surface area contributed by atoms with Crippen molar-refractivity contribution >= 4 is 33.2 Å². The molecular formula is C20H23ClN2O5S. The average Bonchev–Trinajstić information content (AvgIpc) is 2.74. The van der Waals surface area contributed by atoms with Crippen LogP contribution in [0.1, 0.15) is 29.6 Å². The Bertz CT molecular complexity index is 1000. The molecule has 0 radical (unpaired) electrons. The number of methoxy groups -OCH3 is 2. The van der Waals surface area contributed by atoms with E-state index in [2.05, 4.69) is 5.32 Å². The average molecular weight is 439 g/mol. The molecule has 1 aliphatic heterocycles. The maximum Gasteiger partial charge on any atom is 0.259 e. The van der Waals surface area contributed by atoms with Crippen molar-refractivity contribution in [3.05, 3.63) is 47.0 Å². The van der Waals surface area contributed by atoms with E-state index in [1.807, 2.05) is 0 Å². The van der Waals surface area contributed by atoms with Gasteiger partial charge < -0.3 is 14.8 Å². The fourth-order valence-corrected chi connectivity index (χ4v) is 5.13. The molecule has 7 nitrogen and oxygen atoms in total. The molecule has 1 N–H and O–H groups in total. The standard InChI is InChI=1S/C20H23ClN2O5S/c1-27-17-8-6-14(21)12-16(17)20(24)22-15-7-9-18(28-2)19(13-15)29(25,26)23-10-4-3-5-11-23/h6-9,12-13H,3-5,10-11H2,1-2H3,(H,22,24). The van der Waals surface area contributed by atoms with Gasteiger partial charge in [0.05, 0.1) is 19.8 Å². The Kier molecular flexibility index (Phi) is 6.66. The van der Waals surface area contributed by atoms with Crippen LogP contribution < -0.4 is 14.8 Å². The maximum absolute atomic E-state index is 13.1. The topological polar surface area (TPSA) is 84.9 Å². The molecule has 2 aromatic carbocycles. The lowest BCUT2D eigenvalue weighted by molar-refractivity contribution is 0.102. The van der Waals surface area contributed by atoms with E-state index < -0.39 is 15.9 Å². The van der Waals surface area contributed by atoms with Gasteiger partial charge in [-0.05, 0) is 49.2 Å². The van der Waals surface area contributed by atoms with Crippen LogP contribution in [0.3, 0.4) is 0 Å². The summed E-state index contributed by atoms with van der Waals surface area (Å²) in [4.78, 5) is 12.7. The molecule has 2 aromatic rings. The fraction of sp³-hybridized carbons (Fsp3) is 0.350. The van der Waals surface area contributed by atoms with Gasteiger partial charge in [-0.3, -0.25) is 4.79 Å². The van der Waals surface area contributed by atoms with Gasteiger partial charge in [-0.2, -0.15) is 4.31 Å². The molecule has 0 saturated carbocycles. The molecule has 0 aromatic heterocycles. The summed E-state index contributed by atoms with van der Waals surface area (Å²) >= 11 is 5.99. The third kappa shape index (κ3) is 4.66. The summed E-state index contributed by atoms with van der Waals surface area (Å²) in [7, 11) is -0.865. The van der Waals surface area contributed by atoms with Gasteiger partial charge in [0, 0.05) is 23.8 Å². The molecule has 1 saturated heterocycles. The van der Waals surface area contributed by atoms with Gasteiger partial charge in [0.1, 0.15) is 16.4 Å². The Morgan fingerprint density at radius 3 is 2.31 bits per heavy atom. The van der Waals surface area contributed by atoms with Crippen LogP contribution in [-0.2, 0) is 10.0 Å². The lowest BCUT2D eigenvalue weighted by Crippen LogP contribution is -2.35. The van der Waals surface area contributed by atoms with E-state index in [1.165, 1.54) is 36.7 Å². The molecule has 1 fully saturated rings. The number of hydrogen-bond acceptors (Lipinski definition) is 5. The first-order valence-electron chi connectivity index (χ1n) is 9.20. The van der Waals surface area contributed by atoms with Gasteiger partial charge in [-0.25, -0.2) is 8.42 Å². The summed E-state index contributed by atoms with van der Waals surface area (Å²) in [6, 6.07) is 9.23. The summed E-state index contributed by atoms with van der Waals surface area (Å²) < 4.78 is 38.2. The molecule has 1 heterocycles. The monoisotopic (exact) mass is 438 g/mol. The van der Waals surface area contributed by atoms with E-state index in [9.17, 15) is 13.2 Å². The number of carbonyl (C=O) groups is 1. The number of carbonyl (C=O) groups excluding carboxylic acids is 1. The first kappa shape index (κ1) is 21.4. The minimum atomic E-state index is -3.74. The highest BCUT2D eigenvalue weighted by Crippen LogP contribution is 2.32. The lowest BCUT2D eigenvalue weighted by Gasteiger charge is -2.26. The Hall–Kier alpha value is -2.29. The number of halogens is 1. The molecular weight excluding hydrogens is 416 g/mol. The van der Waals surface area contributed by atoms with Crippen molar-refractivity contribution in [1.82, 2.24) is 4.31 Å². The van der Waals surface area contributed by atoms with Crippen molar-refractivity contribution in [1.29, 1.82) is 0 Å². The Morgan fingerprint density at radius 2 is 1.66 bits per heavy atom. The number of benzene rings is 2. The highest BCUT2D eigenvalue weighted by molar-refractivity contribution is 7.89. The number of nitrogens with one attached hydrogen (secondary N) is 1. The second kappa shape index (κ2) is 9.02. The van der Waals surface area contributed by atoms with Crippen LogP contribution >= 0.6 is 11.6 Å². The molecule has 156 valence electrons. The summed E-state index contributed by atoms with van der Waals surface area (Å²) in [6.45, 7) is 0.948. The second-order valence-corrected chi connectivity index (χ2v) is 8.97. The van der Waals surface area contributed by atoms with Crippen molar-refractivity contribution in [2.45, 2.75) is 24.2 Å². The number of ether oxygens (including phenoxy) is 2. The number of amides is 1. The Labute approximate surface area is 175 Å². The van der Waals surface area contributed by atoms with E-state index in [-0.39, 0.29) is 16.2 Å². The maximum atomic E-state index is 13.1. The molecule has 0 aliphatic carbocycles. The molecule has 1 amide bonds. The predicted molar refractivity (Wildman–Crippen MR) is 112 cm³/mol. The first-order chi connectivity index (χ1) is 13.9. The number of anilines is 1. The minimum Gasteiger partial charge on any atom is -0.496 e. The van der Waals surface area contributed by atoms with Crippen molar-refractivity contribution in [3.8, 4) is 11.5 Å². The number of piperidine rings is 1. The highest BCUT2D eigenvalue weighted by Gasteiger charge is 2.29. The number of nitrogens with zero attached hydrogens (tertiary/aromatic N) is 1. The summed E-state index contributed by atoms with van der Waals surface area (Å²) in [5.74, 6) is 0.131.